The number of hydrogen-bond acceptors (Lipinski definition) is 5. The normalized spacial score (nSPS) is 16.0. The lowest BCUT2D eigenvalue weighted by molar-refractivity contribution is -0.170. The molecule has 0 atom stereocenters. The van der Waals surface area contributed by atoms with E-state index in [1.54, 1.807) is 12.1 Å². The number of rotatable bonds is 4. The zero-order valence-electron chi connectivity index (χ0n) is 14.6. The molecule has 7 nitrogen and oxygen atoms in total. The predicted molar refractivity (Wildman–Crippen MR) is 92.1 cm³/mol. The summed E-state index contributed by atoms with van der Waals surface area (Å²) in [7, 11) is 0. The molecule has 7 heteroatoms. The fraction of sp³-hybridized carbons (Fsp3) is 0.500. The quantitative estimate of drug-likeness (QED) is 0.724. The van der Waals surface area contributed by atoms with Crippen molar-refractivity contribution in [3.05, 3.63) is 29.3 Å². The first-order valence-electron chi connectivity index (χ1n) is 8.38. The van der Waals surface area contributed by atoms with E-state index in [9.17, 15) is 19.5 Å². The number of nitrogens with one attached hydrogen (secondary N) is 2. The topological polar surface area (TPSA) is 105 Å². The summed E-state index contributed by atoms with van der Waals surface area (Å²) in [6.07, 6.45) is 3.13. The monoisotopic (exact) mass is 348 g/mol. The zero-order chi connectivity index (χ0) is 18.4. The van der Waals surface area contributed by atoms with Crippen molar-refractivity contribution >= 4 is 23.6 Å². The van der Waals surface area contributed by atoms with Crippen molar-refractivity contribution < 1.29 is 24.2 Å². The lowest BCUT2D eigenvalue weighted by Crippen LogP contribution is -2.44. The highest BCUT2D eigenvalue weighted by Gasteiger charge is 2.38. The Morgan fingerprint density at radius 1 is 1.12 bits per heavy atom. The molecule has 0 aromatic heterocycles. The molecule has 25 heavy (non-hydrogen) atoms. The maximum atomic E-state index is 11.9. The number of carbonyl (C=O) groups excluding carboxylic acids is 3. The maximum Gasteiger partial charge on any atom is 0.338 e. The number of benzene rings is 1. The average molecular weight is 348 g/mol. The summed E-state index contributed by atoms with van der Waals surface area (Å²) in [5.41, 5.74) is 1.15. The van der Waals surface area contributed by atoms with Gasteiger partial charge >= 0.3 is 12.0 Å². The van der Waals surface area contributed by atoms with Crippen LogP contribution in [0.5, 0.6) is 0 Å². The third-order valence-electron chi connectivity index (χ3n) is 4.41. The van der Waals surface area contributed by atoms with Gasteiger partial charge < -0.3 is 15.2 Å². The van der Waals surface area contributed by atoms with Crippen LogP contribution >= 0.6 is 0 Å². The highest BCUT2D eigenvalue weighted by atomic mass is 16.6. The summed E-state index contributed by atoms with van der Waals surface area (Å²) in [6.45, 7) is 3.26. The molecule has 0 aliphatic heterocycles. The molecule has 3 amide bonds. The molecule has 0 bridgehead atoms. The molecular formula is C18H24N2O5. The second-order valence-electron chi connectivity index (χ2n) is 6.47. The van der Waals surface area contributed by atoms with E-state index in [1.807, 2.05) is 19.9 Å². The van der Waals surface area contributed by atoms with E-state index < -0.39 is 30.1 Å². The molecule has 1 fully saturated rings. The first-order chi connectivity index (χ1) is 11.8. The Bertz CT molecular complexity index is 665. The van der Waals surface area contributed by atoms with E-state index in [1.165, 1.54) is 0 Å². The molecule has 136 valence electrons. The third kappa shape index (κ3) is 5.29. The first kappa shape index (κ1) is 18.9. The van der Waals surface area contributed by atoms with Gasteiger partial charge in [0.15, 0.2) is 12.2 Å². The van der Waals surface area contributed by atoms with Gasteiger partial charge in [0.2, 0.25) is 0 Å². The summed E-state index contributed by atoms with van der Waals surface area (Å²) in [5.74, 6) is -1.56. The van der Waals surface area contributed by atoms with Crippen LogP contribution < -0.4 is 10.6 Å². The molecule has 1 aromatic rings. The number of ether oxygens (including phenoxy) is 1. The molecule has 3 N–H and O–H groups in total. The molecule has 1 aliphatic rings. The minimum absolute atomic E-state index is 0.334. The van der Waals surface area contributed by atoms with Gasteiger partial charge in [0.25, 0.3) is 5.91 Å². The lowest BCUT2D eigenvalue weighted by Gasteiger charge is -2.29. The van der Waals surface area contributed by atoms with E-state index in [0.717, 1.165) is 30.4 Å². The number of hydrogen-bond donors (Lipinski definition) is 3. The third-order valence-corrected chi connectivity index (χ3v) is 4.41. The highest BCUT2D eigenvalue weighted by molar-refractivity contribution is 6.02. The van der Waals surface area contributed by atoms with Gasteiger partial charge in [0.05, 0.1) is 0 Å². The van der Waals surface area contributed by atoms with Gasteiger partial charge in [-0.3, -0.25) is 10.1 Å². The summed E-state index contributed by atoms with van der Waals surface area (Å²) in [6, 6.07) is 4.67. The molecule has 1 saturated carbocycles. The second-order valence-corrected chi connectivity index (χ2v) is 6.47. The van der Waals surface area contributed by atoms with Crippen molar-refractivity contribution in [2.75, 3.05) is 11.9 Å². The minimum Gasteiger partial charge on any atom is -0.453 e. The van der Waals surface area contributed by atoms with Crippen molar-refractivity contribution in [2.45, 2.75) is 51.6 Å². The number of aryl methyl sites for hydroxylation is 2. The number of urea groups is 1. The van der Waals surface area contributed by atoms with Gasteiger partial charge in [-0.2, -0.15) is 0 Å². The van der Waals surface area contributed by atoms with Crippen molar-refractivity contribution in [1.82, 2.24) is 5.32 Å². The van der Waals surface area contributed by atoms with Crippen molar-refractivity contribution in [1.29, 1.82) is 0 Å². The average Bonchev–Trinajstić information content (AvgIpc) is 2.56. The number of esters is 1. The summed E-state index contributed by atoms with van der Waals surface area (Å²) < 4.78 is 4.85. The molecular weight excluding hydrogens is 324 g/mol. The molecule has 0 unspecified atom stereocenters. The van der Waals surface area contributed by atoms with Crippen molar-refractivity contribution in [3.8, 4) is 0 Å². The van der Waals surface area contributed by atoms with Crippen molar-refractivity contribution in [3.63, 3.8) is 0 Å². The van der Waals surface area contributed by atoms with Crippen molar-refractivity contribution in [2.24, 2.45) is 0 Å². The highest BCUT2D eigenvalue weighted by Crippen LogP contribution is 2.29. The Balaban J connectivity index is 1.78. The van der Waals surface area contributed by atoms with Crippen LogP contribution in [-0.2, 0) is 14.3 Å². The Kier molecular flexibility index (Phi) is 6.14. The fourth-order valence-electron chi connectivity index (χ4n) is 2.75. The Labute approximate surface area is 146 Å². The Hall–Kier alpha value is -2.41. The molecule has 1 aliphatic carbocycles. The minimum atomic E-state index is -1.51. The van der Waals surface area contributed by atoms with E-state index in [0.29, 0.717) is 18.5 Å². The van der Waals surface area contributed by atoms with Crippen LogP contribution in [0.25, 0.3) is 0 Å². The van der Waals surface area contributed by atoms with Crippen LogP contribution in [0.15, 0.2) is 18.2 Å². The van der Waals surface area contributed by atoms with E-state index in [2.05, 4.69) is 10.6 Å². The van der Waals surface area contributed by atoms with Gasteiger partial charge in [0.1, 0.15) is 0 Å². The van der Waals surface area contributed by atoms with Crippen LogP contribution in [0.1, 0.15) is 43.2 Å². The smallest absolute Gasteiger partial charge is 0.338 e. The standard InChI is InChI=1S/C18H24N2O5/c1-12-6-7-14(10-13(12)2)19-17(23)20-15(21)11-25-16(22)18(24)8-4-3-5-9-18/h6-7,10,24H,3-5,8-9,11H2,1-2H3,(H2,19,20,21,23). The summed E-state index contributed by atoms with van der Waals surface area (Å²) in [5, 5.41) is 14.8. The fourth-order valence-corrected chi connectivity index (χ4v) is 2.75. The van der Waals surface area contributed by atoms with Gasteiger partial charge in [-0.25, -0.2) is 9.59 Å². The number of aliphatic hydroxyl groups is 1. The van der Waals surface area contributed by atoms with E-state index >= 15 is 0 Å². The summed E-state index contributed by atoms with van der Waals surface area (Å²) >= 11 is 0. The van der Waals surface area contributed by atoms with Crippen LogP contribution in [0, 0.1) is 13.8 Å². The number of amides is 3. The number of anilines is 1. The molecule has 1 aromatic carbocycles. The zero-order valence-corrected chi connectivity index (χ0v) is 14.6. The summed E-state index contributed by atoms with van der Waals surface area (Å²) in [4.78, 5) is 35.4. The lowest BCUT2D eigenvalue weighted by atomic mass is 9.85. The van der Waals surface area contributed by atoms with Gasteiger partial charge in [0, 0.05) is 5.69 Å². The molecule has 0 spiro atoms. The number of imide groups is 1. The molecule has 0 heterocycles. The SMILES string of the molecule is Cc1ccc(NC(=O)NC(=O)COC(=O)C2(O)CCCCC2)cc1C. The Morgan fingerprint density at radius 2 is 1.80 bits per heavy atom. The van der Waals surface area contributed by atoms with Gasteiger partial charge in [-0.15, -0.1) is 0 Å². The molecule has 0 saturated heterocycles. The van der Waals surface area contributed by atoms with Crippen LogP contribution in [-0.4, -0.2) is 35.2 Å². The molecule has 0 radical (unpaired) electrons. The Morgan fingerprint density at radius 3 is 2.44 bits per heavy atom. The second kappa shape index (κ2) is 8.11. The van der Waals surface area contributed by atoms with Crippen LogP contribution in [0.2, 0.25) is 0 Å². The van der Waals surface area contributed by atoms with Crippen LogP contribution in [0.4, 0.5) is 10.5 Å². The molecule has 2 rings (SSSR count). The number of carbonyl (C=O) groups is 3. The van der Waals surface area contributed by atoms with E-state index in [-0.39, 0.29) is 0 Å². The predicted octanol–water partition coefficient (Wildman–Crippen LogP) is 2.19. The first-order valence-corrected chi connectivity index (χ1v) is 8.38. The van der Waals surface area contributed by atoms with Gasteiger partial charge in [-0.05, 0) is 62.8 Å². The van der Waals surface area contributed by atoms with Gasteiger partial charge in [-0.1, -0.05) is 12.5 Å². The largest absolute Gasteiger partial charge is 0.453 e. The van der Waals surface area contributed by atoms with E-state index in [4.69, 9.17) is 4.74 Å². The maximum absolute atomic E-state index is 11.9. The van der Waals surface area contributed by atoms with Crippen LogP contribution in [0.3, 0.4) is 0 Å².